The summed E-state index contributed by atoms with van der Waals surface area (Å²) in [4.78, 5) is 27.8. The zero-order valence-electron chi connectivity index (χ0n) is 14.8. The average Bonchev–Trinajstić information content (AvgIpc) is 3.15. The van der Waals surface area contributed by atoms with Crippen LogP contribution in [0.1, 0.15) is 11.7 Å². The molecular weight excluding hydrogens is 398 g/mol. The van der Waals surface area contributed by atoms with Gasteiger partial charge in [-0.3, -0.25) is 19.5 Å². The van der Waals surface area contributed by atoms with E-state index in [1.165, 1.54) is 33.9 Å². The van der Waals surface area contributed by atoms with Crippen LogP contribution in [0.15, 0.2) is 65.8 Å². The molecular formula is C19H14ClN5O4. The third kappa shape index (κ3) is 3.48. The predicted molar refractivity (Wildman–Crippen MR) is 106 cm³/mol. The van der Waals surface area contributed by atoms with E-state index in [1.807, 2.05) is 0 Å². The van der Waals surface area contributed by atoms with Gasteiger partial charge in [-0.15, -0.1) is 0 Å². The lowest BCUT2D eigenvalue weighted by Crippen LogP contribution is -2.23. The molecule has 0 fully saturated rings. The van der Waals surface area contributed by atoms with Crippen molar-refractivity contribution >= 4 is 28.3 Å². The van der Waals surface area contributed by atoms with Gasteiger partial charge in [0.05, 0.1) is 23.8 Å². The lowest BCUT2D eigenvalue weighted by Gasteiger charge is -2.13. The Kier molecular flexibility index (Phi) is 4.83. The van der Waals surface area contributed by atoms with E-state index < -0.39 is 16.6 Å². The molecule has 146 valence electrons. The fourth-order valence-corrected chi connectivity index (χ4v) is 3.16. The number of rotatable bonds is 5. The Balaban J connectivity index is 1.72. The maximum Gasteiger partial charge on any atom is 0.294 e. The Hall–Kier alpha value is -3.56. The summed E-state index contributed by atoms with van der Waals surface area (Å²) in [6, 6.07) is 12.7. The summed E-state index contributed by atoms with van der Waals surface area (Å²) in [7, 11) is 0. The van der Waals surface area contributed by atoms with Crippen LogP contribution in [-0.4, -0.2) is 29.4 Å². The van der Waals surface area contributed by atoms with E-state index in [2.05, 4.69) is 10.1 Å². The second-order valence-corrected chi connectivity index (χ2v) is 6.75. The zero-order valence-corrected chi connectivity index (χ0v) is 15.6. The van der Waals surface area contributed by atoms with Crippen LogP contribution in [-0.2, 0) is 6.54 Å². The van der Waals surface area contributed by atoms with Crippen molar-refractivity contribution in [1.82, 2.24) is 19.3 Å². The summed E-state index contributed by atoms with van der Waals surface area (Å²) >= 11 is 5.85. The average molecular weight is 412 g/mol. The summed E-state index contributed by atoms with van der Waals surface area (Å²) in [5, 5.41) is 26.6. The van der Waals surface area contributed by atoms with Crippen molar-refractivity contribution in [2.24, 2.45) is 0 Å². The van der Waals surface area contributed by atoms with Crippen LogP contribution >= 0.6 is 11.6 Å². The summed E-state index contributed by atoms with van der Waals surface area (Å²) in [5.74, 6) is 0. The van der Waals surface area contributed by atoms with Gasteiger partial charge in [-0.05, 0) is 23.8 Å². The Labute approximate surface area is 168 Å². The number of fused-ring (bicyclic) bond motifs is 1. The maximum absolute atomic E-state index is 12.8. The molecule has 10 heteroatoms. The third-order valence-electron chi connectivity index (χ3n) is 4.49. The van der Waals surface area contributed by atoms with E-state index in [0.717, 1.165) is 0 Å². The minimum atomic E-state index is -0.936. The molecule has 4 rings (SSSR count). The van der Waals surface area contributed by atoms with Crippen molar-refractivity contribution in [3.05, 3.63) is 92.1 Å². The van der Waals surface area contributed by atoms with Crippen molar-refractivity contribution < 1.29 is 10.0 Å². The molecule has 0 bridgehead atoms. The Morgan fingerprint density at radius 1 is 1.17 bits per heavy atom. The molecule has 0 aliphatic carbocycles. The number of hydrogen-bond acceptors (Lipinski definition) is 6. The number of aliphatic hydroxyl groups excluding tert-OH is 1. The van der Waals surface area contributed by atoms with Crippen LogP contribution in [0, 0.1) is 10.1 Å². The van der Waals surface area contributed by atoms with Crippen LogP contribution in [0.25, 0.3) is 16.7 Å². The van der Waals surface area contributed by atoms with Crippen LogP contribution in [0.5, 0.6) is 0 Å². The minimum Gasteiger partial charge on any atom is -0.387 e. The number of hydrogen-bond donors (Lipinski definition) is 1. The second kappa shape index (κ2) is 7.46. The normalized spacial score (nSPS) is 12.2. The number of para-hydroxylation sites is 2. The zero-order chi connectivity index (χ0) is 20.5. The van der Waals surface area contributed by atoms with E-state index in [-0.39, 0.29) is 29.0 Å². The number of nitro groups is 1. The molecule has 1 N–H and O–H groups in total. The van der Waals surface area contributed by atoms with Gasteiger partial charge in [0.1, 0.15) is 17.4 Å². The number of halogens is 1. The molecule has 2 aromatic carbocycles. The molecule has 1 atom stereocenters. The maximum atomic E-state index is 12.8. The minimum absolute atomic E-state index is 0.0138. The van der Waals surface area contributed by atoms with Crippen molar-refractivity contribution in [2.75, 3.05) is 0 Å². The first-order valence-electron chi connectivity index (χ1n) is 8.56. The van der Waals surface area contributed by atoms with E-state index in [4.69, 9.17) is 11.6 Å². The van der Waals surface area contributed by atoms with Gasteiger partial charge in [0, 0.05) is 11.1 Å². The highest BCUT2D eigenvalue weighted by Gasteiger charge is 2.19. The van der Waals surface area contributed by atoms with Gasteiger partial charge < -0.3 is 5.11 Å². The third-order valence-corrected chi connectivity index (χ3v) is 4.74. The van der Waals surface area contributed by atoms with Gasteiger partial charge in [0.15, 0.2) is 5.65 Å². The largest absolute Gasteiger partial charge is 0.387 e. The summed E-state index contributed by atoms with van der Waals surface area (Å²) in [5.41, 5.74) is 0.450. The molecule has 0 aliphatic rings. The van der Waals surface area contributed by atoms with Crippen molar-refractivity contribution in [3.63, 3.8) is 0 Å². The highest BCUT2D eigenvalue weighted by Crippen LogP contribution is 2.24. The Bertz CT molecular complexity index is 1270. The van der Waals surface area contributed by atoms with E-state index in [1.54, 1.807) is 36.4 Å². The fourth-order valence-electron chi connectivity index (χ4n) is 3.03. The molecule has 0 radical (unpaired) electrons. The van der Waals surface area contributed by atoms with Gasteiger partial charge in [-0.1, -0.05) is 35.9 Å². The molecule has 29 heavy (non-hydrogen) atoms. The standard InChI is InChI=1S/C19H14ClN5O4/c20-13-7-5-12(6-8-13)17(26)10-23-11-21-18-14(19(23)27)9-22-24(18)15-3-1-2-4-16(15)25(28)29/h1-9,11,17,26H,10H2. The van der Waals surface area contributed by atoms with Crippen LogP contribution in [0.4, 0.5) is 5.69 Å². The summed E-state index contributed by atoms with van der Waals surface area (Å²) in [6.45, 7) is -0.0138. The van der Waals surface area contributed by atoms with Crippen molar-refractivity contribution in [1.29, 1.82) is 0 Å². The SMILES string of the molecule is O=c1c2cnn(-c3ccccc3[N+](=O)[O-])c2ncn1CC(O)c1ccc(Cl)cc1. The summed E-state index contributed by atoms with van der Waals surface area (Å²) < 4.78 is 2.53. The lowest BCUT2D eigenvalue weighted by atomic mass is 10.1. The second-order valence-electron chi connectivity index (χ2n) is 6.31. The molecule has 0 amide bonds. The van der Waals surface area contributed by atoms with Gasteiger partial charge in [0.25, 0.3) is 11.2 Å². The molecule has 0 saturated carbocycles. The van der Waals surface area contributed by atoms with Crippen LogP contribution in [0.3, 0.4) is 0 Å². The van der Waals surface area contributed by atoms with Gasteiger partial charge in [-0.25, -0.2) is 9.67 Å². The molecule has 9 nitrogen and oxygen atoms in total. The van der Waals surface area contributed by atoms with Crippen LogP contribution < -0.4 is 5.56 Å². The number of aliphatic hydroxyl groups is 1. The highest BCUT2D eigenvalue weighted by atomic mass is 35.5. The van der Waals surface area contributed by atoms with E-state index >= 15 is 0 Å². The van der Waals surface area contributed by atoms with Crippen molar-refractivity contribution in [3.8, 4) is 5.69 Å². The molecule has 2 aromatic heterocycles. The van der Waals surface area contributed by atoms with Gasteiger partial charge in [0.2, 0.25) is 0 Å². The topological polar surface area (TPSA) is 116 Å². The summed E-state index contributed by atoms with van der Waals surface area (Å²) in [6.07, 6.45) is 1.66. The quantitative estimate of drug-likeness (QED) is 0.398. The molecule has 2 heterocycles. The molecule has 0 spiro atoms. The van der Waals surface area contributed by atoms with E-state index in [9.17, 15) is 20.0 Å². The van der Waals surface area contributed by atoms with E-state index in [0.29, 0.717) is 10.6 Å². The number of aromatic nitrogens is 4. The van der Waals surface area contributed by atoms with Crippen LogP contribution in [0.2, 0.25) is 5.02 Å². The highest BCUT2D eigenvalue weighted by molar-refractivity contribution is 6.30. The number of benzene rings is 2. The predicted octanol–water partition coefficient (Wildman–Crippen LogP) is 2.88. The molecule has 1 unspecified atom stereocenters. The van der Waals surface area contributed by atoms with Crippen molar-refractivity contribution in [2.45, 2.75) is 12.6 Å². The first-order valence-corrected chi connectivity index (χ1v) is 8.94. The first-order chi connectivity index (χ1) is 14.0. The number of nitrogens with zero attached hydrogens (tertiary/aromatic N) is 5. The van der Waals surface area contributed by atoms with Gasteiger partial charge >= 0.3 is 0 Å². The lowest BCUT2D eigenvalue weighted by molar-refractivity contribution is -0.384. The molecule has 4 aromatic rings. The monoisotopic (exact) mass is 411 g/mol. The number of nitro benzene ring substituents is 1. The molecule has 0 saturated heterocycles. The molecule has 0 aliphatic heterocycles. The Morgan fingerprint density at radius 3 is 2.62 bits per heavy atom. The van der Waals surface area contributed by atoms with Gasteiger partial charge in [-0.2, -0.15) is 5.10 Å². The first kappa shape index (κ1) is 18.8. The fraction of sp³-hybridized carbons (Fsp3) is 0.105. The smallest absolute Gasteiger partial charge is 0.294 e. The Morgan fingerprint density at radius 2 is 1.90 bits per heavy atom.